The van der Waals surface area contributed by atoms with Crippen LogP contribution in [0.3, 0.4) is 0 Å². The molecule has 0 aromatic carbocycles. The van der Waals surface area contributed by atoms with Crippen LogP contribution in [0.15, 0.2) is 23.6 Å². The second-order valence-corrected chi connectivity index (χ2v) is 13.0. The molecule has 4 rings (SSSR count). The van der Waals surface area contributed by atoms with Crippen molar-refractivity contribution in [1.29, 1.82) is 0 Å². The molecule has 0 heterocycles. The number of hydrogen-bond donors (Lipinski definition) is 1. The molecule has 0 aromatic heterocycles. The number of aliphatic hydroxyl groups excluding tert-OH is 1. The molecule has 212 valence electrons. The Kier molecular flexibility index (Phi) is 6.86. The first-order chi connectivity index (χ1) is 17.5. The van der Waals surface area contributed by atoms with E-state index in [-0.39, 0.29) is 37.2 Å². The normalized spacial score (nSPS) is 42.2. The second kappa shape index (κ2) is 9.10. The van der Waals surface area contributed by atoms with Gasteiger partial charge >= 0.3 is 12.1 Å². The fraction of sp³-hybridized carbons (Fsp3) is 0.750. The van der Waals surface area contributed by atoms with Crippen LogP contribution < -0.4 is 0 Å². The van der Waals surface area contributed by atoms with Crippen molar-refractivity contribution in [3.05, 3.63) is 23.6 Å². The molecule has 0 unspecified atom stereocenters. The summed E-state index contributed by atoms with van der Waals surface area (Å²) in [4.78, 5) is 38.3. The zero-order valence-electron chi connectivity index (χ0n) is 22.7. The van der Waals surface area contributed by atoms with E-state index in [4.69, 9.17) is 14.2 Å². The van der Waals surface area contributed by atoms with Gasteiger partial charge in [-0.3, -0.25) is 4.79 Å². The van der Waals surface area contributed by atoms with Gasteiger partial charge in [0.2, 0.25) is 12.5 Å². The first-order valence-electron chi connectivity index (χ1n) is 13.0. The Labute approximate surface area is 220 Å². The van der Waals surface area contributed by atoms with Crippen molar-refractivity contribution >= 4 is 17.9 Å². The van der Waals surface area contributed by atoms with Crippen LogP contribution in [0.1, 0.15) is 67.2 Å². The Bertz CT molecular complexity index is 1100. The van der Waals surface area contributed by atoms with E-state index in [9.17, 15) is 23.9 Å². The molecule has 38 heavy (non-hydrogen) atoms. The minimum Gasteiger partial charge on any atom is -0.434 e. The molecule has 0 bridgehead atoms. The highest BCUT2D eigenvalue weighted by molar-refractivity contribution is 5.93. The minimum atomic E-state index is -2.37. The molecule has 8 atom stereocenters. The lowest BCUT2D eigenvalue weighted by Gasteiger charge is -2.62. The van der Waals surface area contributed by atoms with Crippen molar-refractivity contribution in [1.82, 2.24) is 0 Å². The quantitative estimate of drug-likeness (QED) is 0.481. The van der Waals surface area contributed by atoms with Crippen molar-refractivity contribution < 1.29 is 46.9 Å². The number of aliphatic hydroxyl groups is 1. The number of hydrogen-bond acceptors (Lipinski definition) is 7. The van der Waals surface area contributed by atoms with E-state index in [1.807, 2.05) is 20.8 Å². The van der Waals surface area contributed by atoms with E-state index >= 15 is 8.78 Å². The van der Waals surface area contributed by atoms with Crippen LogP contribution in [0, 0.1) is 34.0 Å². The first kappa shape index (κ1) is 28.6. The SMILES string of the molecule is C[C@@H]1C[C@H]2[C@@H]3CC(F)=C4CC(=O)C=C[C@]4(C)[C@@]3(F)[C@@H](O)C[C@]2(C)[C@@]1(OC(=O)OCC(C)(C)C)C(=O)OCF. The predicted octanol–water partition coefficient (Wildman–Crippen LogP) is 5.31. The van der Waals surface area contributed by atoms with Gasteiger partial charge in [-0.25, -0.2) is 22.8 Å². The van der Waals surface area contributed by atoms with E-state index in [0.717, 1.165) is 0 Å². The van der Waals surface area contributed by atoms with Gasteiger partial charge in [0.1, 0.15) is 5.83 Å². The average Bonchev–Trinajstić information content (AvgIpc) is 3.03. The number of allylic oxidation sites excluding steroid dienone is 4. The van der Waals surface area contributed by atoms with E-state index in [1.54, 1.807) is 13.8 Å². The molecule has 0 amide bonds. The average molecular weight is 543 g/mol. The summed E-state index contributed by atoms with van der Waals surface area (Å²) in [6.07, 6.45) is -1.26. The van der Waals surface area contributed by atoms with Crippen LogP contribution >= 0.6 is 0 Å². The van der Waals surface area contributed by atoms with Gasteiger partial charge in [-0.15, -0.1) is 0 Å². The summed E-state index contributed by atoms with van der Waals surface area (Å²) in [6.45, 7) is 8.62. The van der Waals surface area contributed by atoms with Crippen molar-refractivity contribution in [2.75, 3.05) is 13.5 Å². The highest BCUT2D eigenvalue weighted by atomic mass is 19.1. The van der Waals surface area contributed by atoms with Crippen molar-refractivity contribution in [3.63, 3.8) is 0 Å². The van der Waals surface area contributed by atoms with Crippen LogP contribution in [-0.4, -0.2) is 53.9 Å². The van der Waals surface area contributed by atoms with Gasteiger partial charge in [0.05, 0.1) is 12.7 Å². The van der Waals surface area contributed by atoms with E-state index in [1.165, 1.54) is 19.1 Å². The lowest BCUT2D eigenvalue weighted by molar-refractivity contribution is -0.230. The van der Waals surface area contributed by atoms with Crippen LogP contribution in [0.4, 0.5) is 18.0 Å². The van der Waals surface area contributed by atoms with Crippen molar-refractivity contribution in [3.8, 4) is 0 Å². The van der Waals surface area contributed by atoms with Gasteiger partial charge in [-0.2, -0.15) is 0 Å². The Hall–Kier alpha value is -2.36. The number of fused-ring (bicyclic) bond motifs is 5. The summed E-state index contributed by atoms with van der Waals surface area (Å²) in [6, 6.07) is 0. The van der Waals surface area contributed by atoms with Gasteiger partial charge in [0, 0.05) is 35.5 Å². The molecule has 2 fully saturated rings. The first-order valence-corrected chi connectivity index (χ1v) is 13.0. The van der Waals surface area contributed by atoms with Gasteiger partial charge in [-0.05, 0) is 42.7 Å². The molecule has 4 aliphatic carbocycles. The number of esters is 1. The third-order valence-corrected chi connectivity index (χ3v) is 9.56. The minimum absolute atomic E-state index is 0.0163. The lowest BCUT2D eigenvalue weighted by Crippen LogP contribution is -2.70. The molecular formula is C28H37F3O7. The molecule has 10 heteroatoms. The highest BCUT2D eigenvalue weighted by Crippen LogP contribution is 2.71. The number of carbonyl (C=O) groups excluding carboxylic acids is 3. The topological polar surface area (TPSA) is 99.1 Å². The predicted molar refractivity (Wildman–Crippen MR) is 130 cm³/mol. The maximum Gasteiger partial charge on any atom is 0.509 e. The van der Waals surface area contributed by atoms with Gasteiger partial charge < -0.3 is 19.3 Å². The summed E-state index contributed by atoms with van der Waals surface area (Å²) in [5, 5.41) is 11.5. The standard InChI is InChI=1S/C28H37F3O7/c1-15-9-17-18-11-20(30)19-10-16(32)7-8-25(19,5)27(18,31)21(33)12-26(17,6)28(15,22(34)37-14-29)38-23(35)36-13-24(2,3)4/h7-8,15,17-18,21,33H,9-14H2,1-6H3/t15-,17+,18+,21+,25+,26+,27+,28+/m1/s1. The Morgan fingerprint density at radius 1 is 1.18 bits per heavy atom. The Morgan fingerprint density at radius 2 is 1.84 bits per heavy atom. The van der Waals surface area contributed by atoms with Gasteiger partial charge in [0.15, 0.2) is 11.5 Å². The summed E-state index contributed by atoms with van der Waals surface area (Å²) in [7, 11) is 0. The van der Waals surface area contributed by atoms with Crippen LogP contribution in [-0.2, 0) is 23.8 Å². The monoisotopic (exact) mass is 542 g/mol. The molecule has 0 spiro atoms. The second-order valence-electron chi connectivity index (χ2n) is 13.0. The van der Waals surface area contributed by atoms with E-state index in [2.05, 4.69) is 0 Å². The molecule has 0 saturated heterocycles. The van der Waals surface area contributed by atoms with Crippen molar-refractivity contribution in [2.45, 2.75) is 84.6 Å². The van der Waals surface area contributed by atoms with Gasteiger partial charge in [0.25, 0.3) is 0 Å². The van der Waals surface area contributed by atoms with E-state index in [0.29, 0.717) is 0 Å². The fourth-order valence-electron chi connectivity index (χ4n) is 7.78. The molecule has 0 aromatic rings. The fourth-order valence-corrected chi connectivity index (χ4v) is 7.78. The van der Waals surface area contributed by atoms with Crippen LogP contribution in [0.2, 0.25) is 0 Å². The maximum absolute atomic E-state index is 17.4. The lowest BCUT2D eigenvalue weighted by atomic mass is 9.45. The smallest absolute Gasteiger partial charge is 0.434 e. The molecule has 1 N–H and O–H groups in total. The summed E-state index contributed by atoms with van der Waals surface area (Å²) in [5.41, 5.74) is -7.91. The molecule has 7 nitrogen and oxygen atoms in total. The molecule has 2 saturated carbocycles. The molecule has 0 radical (unpaired) electrons. The molecular weight excluding hydrogens is 505 g/mol. The zero-order valence-corrected chi connectivity index (χ0v) is 22.7. The summed E-state index contributed by atoms with van der Waals surface area (Å²) in [5.74, 6) is -4.82. The number of alkyl halides is 2. The highest BCUT2D eigenvalue weighted by Gasteiger charge is 2.78. The van der Waals surface area contributed by atoms with Gasteiger partial charge in [-0.1, -0.05) is 40.7 Å². The van der Waals surface area contributed by atoms with Crippen LogP contribution in [0.25, 0.3) is 0 Å². The van der Waals surface area contributed by atoms with E-state index < -0.39 is 82.6 Å². The third-order valence-electron chi connectivity index (χ3n) is 9.56. The number of halogens is 3. The largest absolute Gasteiger partial charge is 0.509 e. The number of rotatable bonds is 4. The summed E-state index contributed by atoms with van der Waals surface area (Å²) >= 11 is 0. The third kappa shape index (κ3) is 3.84. The molecule has 0 aliphatic heterocycles. The summed E-state index contributed by atoms with van der Waals surface area (Å²) < 4.78 is 62.0. The number of ether oxygens (including phenoxy) is 3. The maximum atomic E-state index is 17.4. The zero-order chi connectivity index (χ0) is 28.5. The Balaban J connectivity index is 1.81. The van der Waals surface area contributed by atoms with Crippen molar-refractivity contribution in [2.24, 2.45) is 34.0 Å². The Morgan fingerprint density at radius 3 is 2.45 bits per heavy atom. The number of ketones is 1. The molecule has 4 aliphatic rings. The number of carbonyl (C=O) groups is 3. The van der Waals surface area contributed by atoms with Crippen LogP contribution in [0.5, 0.6) is 0 Å².